The molecule has 0 aliphatic rings. The van der Waals surface area contributed by atoms with Gasteiger partial charge in [0.2, 0.25) is 5.16 Å². The Labute approximate surface area is 152 Å². The third kappa shape index (κ3) is 2.82. The first-order chi connectivity index (χ1) is 12.4. The van der Waals surface area contributed by atoms with Crippen LogP contribution in [-0.4, -0.2) is 29.1 Å². The Balaban J connectivity index is 1.73. The maximum atomic E-state index is 13.6. The second-order valence-electron chi connectivity index (χ2n) is 6.01. The minimum Gasteiger partial charge on any atom is -0.269 e. The summed E-state index contributed by atoms with van der Waals surface area (Å²) in [5, 5.41) is 4.56. The molecule has 1 atom stereocenters. The number of hydrogen-bond donors (Lipinski definition) is 0. The fraction of sp³-hybridized carbons (Fsp3) is 0.294. The molecule has 6 nitrogen and oxygen atoms in total. The van der Waals surface area contributed by atoms with Gasteiger partial charge in [-0.25, -0.2) is 14.5 Å². The highest BCUT2D eigenvalue weighted by Crippen LogP contribution is 2.36. The first kappa shape index (κ1) is 16.9. The number of nitrogens with zero attached hydrogens (tertiary/aromatic N) is 6. The number of imidazole rings is 1. The summed E-state index contributed by atoms with van der Waals surface area (Å²) in [6.45, 7) is 2.97. The van der Waals surface area contributed by atoms with Crippen molar-refractivity contribution in [3.63, 3.8) is 0 Å². The monoisotopic (exact) mass is 374 g/mol. The smallest absolute Gasteiger partial charge is 0.269 e. The maximum Gasteiger partial charge on any atom is 0.320 e. The maximum absolute atomic E-state index is 13.6. The number of para-hydroxylation sites is 2. The van der Waals surface area contributed by atoms with Crippen molar-refractivity contribution in [2.24, 2.45) is 0 Å². The number of alkyl halides is 2. The van der Waals surface area contributed by atoms with Gasteiger partial charge in [-0.3, -0.25) is 4.57 Å². The lowest BCUT2D eigenvalue weighted by Crippen LogP contribution is -2.06. The molecule has 0 bridgehead atoms. The van der Waals surface area contributed by atoms with Gasteiger partial charge in [0.1, 0.15) is 5.82 Å². The second-order valence-corrected chi connectivity index (χ2v) is 7.32. The van der Waals surface area contributed by atoms with Gasteiger partial charge in [0.15, 0.2) is 0 Å². The summed E-state index contributed by atoms with van der Waals surface area (Å²) >= 11 is 1.28. The lowest BCUT2D eigenvalue weighted by atomic mass is 10.3. The molecule has 1 aromatic carbocycles. The summed E-state index contributed by atoms with van der Waals surface area (Å²) in [5.74, 6) is 0.797. The molecule has 0 spiro atoms. The number of hydrogen-bond acceptors (Lipinski definition) is 5. The van der Waals surface area contributed by atoms with E-state index in [1.165, 1.54) is 11.8 Å². The van der Waals surface area contributed by atoms with E-state index >= 15 is 0 Å². The number of benzene rings is 1. The van der Waals surface area contributed by atoms with Gasteiger partial charge in [-0.2, -0.15) is 13.8 Å². The number of fused-ring (bicyclic) bond motifs is 2. The summed E-state index contributed by atoms with van der Waals surface area (Å²) in [6.07, 6.45) is 0. The third-order valence-electron chi connectivity index (χ3n) is 4.06. The summed E-state index contributed by atoms with van der Waals surface area (Å²) < 4.78 is 29.9. The van der Waals surface area contributed by atoms with Crippen LogP contribution in [0.25, 0.3) is 16.8 Å². The lowest BCUT2D eigenvalue weighted by molar-refractivity contribution is 0.0715. The van der Waals surface area contributed by atoms with Crippen LogP contribution in [0.15, 0.2) is 35.5 Å². The molecule has 0 aliphatic carbocycles. The average Bonchev–Trinajstić information content (AvgIpc) is 3.15. The SMILES string of the molecule is Cc1cc(C)n2nc(SC(C)c3nc4ccccc4n3C(F)F)nc2n1. The number of aromatic nitrogens is 6. The standard InChI is InChI=1S/C17H16F2N6S/c1-9-8-10(2)25-16(20-9)22-17(23-25)26-11(3)14-21-12-6-4-5-7-13(12)24(14)15(18)19/h4-8,11,15H,1-3H3. The van der Waals surface area contributed by atoms with E-state index in [4.69, 9.17) is 0 Å². The molecule has 0 radical (unpaired) electrons. The van der Waals surface area contributed by atoms with Crippen LogP contribution < -0.4 is 0 Å². The van der Waals surface area contributed by atoms with E-state index < -0.39 is 6.55 Å². The largest absolute Gasteiger partial charge is 0.320 e. The van der Waals surface area contributed by atoms with Gasteiger partial charge in [-0.05, 0) is 39.0 Å². The van der Waals surface area contributed by atoms with Crippen molar-refractivity contribution in [3.8, 4) is 0 Å². The van der Waals surface area contributed by atoms with Crippen molar-refractivity contribution in [1.29, 1.82) is 0 Å². The van der Waals surface area contributed by atoms with Crippen molar-refractivity contribution in [3.05, 3.63) is 47.5 Å². The Morgan fingerprint density at radius 3 is 2.62 bits per heavy atom. The van der Waals surface area contributed by atoms with Crippen LogP contribution in [0.5, 0.6) is 0 Å². The van der Waals surface area contributed by atoms with E-state index in [0.717, 1.165) is 16.0 Å². The number of halogens is 2. The fourth-order valence-corrected chi connectivity index (χ4v) is 3.81. The zero-order chi connectivity index (χ0) is 18.4. The molecule has 0 N–H and O–H groups in total. The summed E-state index contributed by atoms with van der Waals surface area (Å²) in [4.78, 5) is 13.2. The first-order valence-corrected chi connectivity index (χ1v) is 8.94. The van der Waals surface area contributed by atoms with Crippen LogP contribution in [0.2, 0.25) is 0 Å². The molecule has 0 fully saturated rings. The van der Waals surface area contributed by atoms with Gasteiger partial charge < -0.3 is 0 Å². The molecule has 0 aliphatic heterocycles. The van der Waals surface area contributed by atoms with Gasteiger partial charge >= 0.3 is 6.55 Å². The highest BCUT2D eigenvalue weighted by atomic mass is 32.2. The highest BCUT2D eigenvalue weighted by Gasteiger charge is 2.23. The van der Waals surface area contributed by atoms with Gasteiger partial charge in [0.05, 0.1) is 16.3 Å². The van der Waals surface area contributed by atoms with Crippen LogP contribution in [0.1, 0.15) is 35.9 Å². The van der Waals surface area contributed by atoms with Gasteiger partial charge in [0.25, 0.3) is 5.78 Å². The lowest BCUT2D eigenvalue weighted by Gasteiger charge is -2.12. The van der Waals surface area contributed by atoms with E-state index in [-0.39, 0.29) is 5.25 Å². The molecule has 134 valence electrons. The minimum atomic E-state index is -2.67. The molecule has 1 unspecified atom stereocenters. The fourth-order valence-electron chi connectivity index (χ4n) is 2.96. The predicted molar refractivity (Wildman–Crippen MR) is 95.5 cm³/mol. The summed E-state index contributed by atoms with van der Waals surface area (Å²) in [5.41, 5.74) is 2.73. The molecule has 3 aromatic heterocycles. The second kappa shape index (κ2) is 6.31. The van der Waals surface area contributed by atoms with Gasteiger partial charge in [-0.1, -0.05) is 23.9 Å². The average molecular weight is 374 g/mol. The zero-order valence-electron chi connectivity index (χ0n) is 14.4. The Bertz CT molecular complexity index is 1100. The normalized spacial score (nSPS) is 13.2. The summed E-state index contributed by atoms with van der Waals surface area (Å²) in [7, 11) is 0. The quantitative estimate of drug-likeness (QED) is 0.497. The van der Waals surface area contributed by atoms with Gasteiger partial charge in [0, 0.05) is 11.4 Å². The van der Waals surface area contributed by atoms with Crippen molar-refractivity contribution < 1.29 is 8.78 Å². The summed E-state index contributed by atoms with van der Waals surface area (Å²) in [6, 6.07) is 8.80. The van der Waals surface area contributed by atoms with E-state index in [1.54, 1.807) is 28.8 Å². The first-order valence-electron chi connectivity index (χ1n) is 8.06. The molecular formula is C17H16F2N6S. The highest BCUT2D eigenvalue weighted by molar-refractivity contribution is 7.99. The number of rotatable bonds is 4. The topological polar surface area (TPSA) is 60.9 Å². The molecule has 4 aromatic rings. The molecule has 26 heavy (non-hydrogen) atoms. The van der Waals surface area contributed by atoms with Crippen LogP contribution in [-0.2, 0) is 0 Å². The van der Waals surface area contributed by atoms with Crippen molar-refractivity contribution in [1.82, 2.24) is 29.1 Å². The van der Waals surface area contributed by atoms with E-state index in [2.05, 4.69) is 20.1 Å². The molecule has 3 heterocycles. The van der Waals surface area contributed by atoms with E-state index in [0.29, 0.717) is 27.8 Å². The Morgan fingerprint density at radius 2 is 1.85 bits per heavy atom. The zero-order valence-corrected chi connectivity index (χ0v) is 15.2. The van der Waals surface area contributed by atoms with Gasteiger partial charge in [-0.15, -0.1) is 5.10 Å². The van der Waals surface area contributed by atoms with Crippen molar-refractivity contribution in [2.45, 2.75) is 37.7 Å². The van der Waals surface area contributed by atoms with Crippen molar-refractivity contribution >= 4 is 28.6 Å². The third-order valence-corrected chi connectivity index (χ3v) is 5.01. The Morgan fingerprint density at radius 1 is 1.08 bits per heavy atom. The molecule has 0 amide bonds. The molecule has 9 heteroatoms. The minimum absolute atomic E-state index is 0.297. The van der Waals surface area contributed by atoms with Crippen LogP contribution in [0.4, 0.5) is 8.78 Å². The molecule has 4 rings (SSSR count). The van der Waals surface area contributed by atoms with Crippen molar-refractivity contribution in [2.75, 3.05) is 0 Å². The molecule has 0 saturated heterocycles. The number of aryl methyl sites for hydroxylation is 2. The molecular weight excluding hydrogens is 358 g/mol. The van der Waals surface area contributed by atoms with Crippen LogP contribution in [0, 0.1) is 13.8 Å². The van der Waals surface area contributed by atoms with E-state index in [9.17, 15) is 8.78 Å². The van der Waals surface area contributed by atoms with Crippen LogP contribution >= 0.6 is 11.8 Å². The van der Waals surface area contributed by atoms with Crippen LogP contribution in [0.3, 0.4) is 0 Å². The Kier molecular flexibility index (Phi) is 4.10. The van der Waals surface area contributed by atoms with E-state index in [1.807, 2.05) is 26.8 Å². The predicted octanol–water partition coefficient (Wildman–Crippen LogP) is 4.34. The number of thioether (sulfide) groups is 1. The Hall–Kier alpha value is -2.55. The molecule has 0 saturated carbocycles.